The number of aromatic nitrogens is 1. The lowest BCUT2D eigenvalue weighted by Gasteiger charge is -2.59. The molecule has 2 aliphatic carbocycles. The number of hydrogen-bond donors (Lipinski definition) is 3. The van der Waals surface area contributed by atoms with Crippen molar-refractivity contribution in [3.8, 4) is 11.5 Å². The minimum atomic E-state index is -4.32. The molecule has 13 nitrogen and oxygen atoms in total. The lowest BCUT2D eigenvalue weighted by Crippen LogP contribution is -2.70. The summed E-state index contributed by atoms with van der Waals surface area (Å²) < 4.78 is 53.0. The molecule has 0 bridgehead atoms. The number of hydrogen-bond acceptors (Lipinski definition) is 11. The number of nitrogens with zero attached hydrogens (tertiary/aromatic N) is 3. The van der Waals surface area contributed by atoms with Crippen LogP contribution >= 0.6 is 0 Å². The predicted molar refractivity (Wildman–Crippen MR) is 251 cm³/mol. The third-order valence-corrected chi connectivity index (χ3v) is 14.5. The Bertz CT molecular complexity index is 2450. The summed E-state index contributed by atoms with van der Waals surface area (Å²) in [4.78, 5) is 24.2. The van der Waals surface area contributed by atoms with Crippen molar-refractivity contribution >= 4 is 32.7 Å². The number of amides is 1. The summed E-state index contributed by atoms with van der Waals surface area (Å²) in [5, 5.41) is 28.4. The van der Waals surface area contributed by atoms with Gasteiger partial charge in [-0.3, -0.25) is 4.98 Å². The van der Waals surface area contributed by atoms with Gasteiger partial charge in [-0.1, -0.05) is 85.6 Å². The number of carbonyl (C=O) groups is 1. The van der Waals surface area contributed by atoms with Gasteiger partial charge in [-0.2, -0.15) is 4.31 Å². The molecule has 0 spiro atoms. The van der Waals surface area contributed by atoms with Crippen molar-refractivity contribution in [2.75, 3.05) is 26.4 Å². The van der Waals surface area contributed by atoms with Crippen molar-refractivity contribution in [3.63, 3.8) is 0 Å². The van der Waals surface area contributed by atoms with Crippen LogP contribution in [0, 0.1) is 17.8 Å². The Morgan fingerprint density at radius 3 is 2.49 bits per heavy atom. The van der Waals surface area contributed by atoms with Crippen LogP contribution in [0.4, 0.5) is 4.79 Å². The van der Waals surface area contributed by atoms with E-state index in [1.54, 1.807) is 42.6 Å². The van der Waals surface area contributed by atoms with Crippen molar-refractivity contribution in [1.29, 1.82) is 0 Å². The van der Waals surface area contributed by atoms with E-state index in [1.807, 2.05) is 76.2 Å². The summed E-state index contributed by atoms with van der Waals surface area (Å²) in [5.41, 5.74) is 2.82. The molecule has 6 atom stereocenters. The first-order valence-electron chi connectivity index (χ1n) is 23.0. The molecule has 14 heteroatoms. The molecule has 7 rings (SSSR count). The molecule has 4 aromatic rings. The number of sulfonamides is 1. The topological polar surface area (TPSA) is 169 Å². The zero-order valence-electron chi connectivity index (χ0n) is 38.0. The smallest absolute Gasteiger partial charge is 0.412 e. The maximum Gasteiger partial charge on any atom is 0.412 e. The number of benzene rings is 3. The Labute approximate surface area is 383 Å². The molecular formula is C51H64N4O9S. The van der Waals surface area contributed by atoms with Crippen molar-refractivity contribution in [1.82, 2.24) is 14.6 Å². The molecule has 0 saturated heterocycles. The standard InChI is InChI=1S/C51H64N4O9S/c1-6-27-55(65(59,60)44-23-15-20-36-21-16-26-52-48(36)44)45-33-42(54-64-50(3,4)5)40-31-37(19-11-13-28-56)39(22-12-14-29-57)46-41-32-38(62-49(58)53-34-35-17-9-8-10-18-35)24-25-43(41)63-51(45,47(40)46)61-30-7-2/h7-10,15-18,20-21,23-26,31-32,37,39,45-47,56-57H,2,6,11-14,19,22,27-30,33-34H2,1,3-5H3,(H,53,58)/t37-,39+,45-,46+,47+,51+/m0/s1. The number of para-hydroxylation sites is 1. The molecule has 1 aliphatic heterocycles. The number of unbranched alkanes of at least 4 members (excludes halogenated alkanes) is 2. The molecular weight excluding hydrogens is 845 g/mol. The Morgan fingerprint density at radius 2 is 1.77 bits per heavy atom. The van der Waals surface area contributed by atoms with E-state index in [1.165, 1.54) is 4.31 Å². The highest BCUT2D eigenvalue weighted by atomic mass is 32.2. The highest BCUT2D eigenvalue weighted by molar-refractivity contribution is 7.89. The SMILES string of the molecule is C=CCO[C@@]12Oc3ccc(OC(=O)NCc4ccccc4)cc3[C@H]3[C@H](CCCCO)[C@@H](CCCCO)C=C(C(=NOC(C)(C)C)C[C@@H]1N(CCC)S(=O)(=O)c1cccc4cccnc14)[C@H]32. The summed E-state index contributed by atoms with van der Waals surface area (Å²) in [5.74, 6) is -1.96. The van der Waals surface area contributed by atoms with Gasteiger partial charge >= 0.3 is 6.09 Å². The van der Waals surface area contributed by atoms with Crippen LogP contribution in [0.15, 0.2) is 119 Å². The minimum absolute atomic E-state index is 0.0214. The Kier molecular flexibility index (Phi) is 15.5. The van der Waals surface area contributed by atoms with Crippen LogP contribution < -0.4 is 14.8 Å². The van der Waals surface area contributed by atoms with E-state index in [0.717, 1.165) is 36.0 Å². The molecule has 3 aromatic carbocycles. The maximum absolute atomic E-state index is 15.5. The molecule has 2 heterocycles. The maximum atomic E-state index is 15.5. The van der Waals surface area contributed by atoms with Gasteiger partial charge in [0.1, 0.15) is 22.0 Å². The fourth-order valence-corrected chi connectivity index (χ4v) is 11.8. The monoisotopic (exact) mass is 908 g/mol. The number of ether oxygens (including phenoxy) is 3. The quantitative estimate of drug-likeness (QED) is 0.0442. The van der Waals surface area contributed by atoms with E-state index in [2.05, 4.69) is 23.0 Å². The molecule has 348 valence electrons. The van der Waals surface area contributed by atoms with E-state index in [9.17, 15) is 15.0 Å². The van der Waals surface area contributed by atoms with E-state index < -0.39 is 39.5 Å². The van der Waals surface area contributed by atoms with E-state index >= 15 is 8.42 Å². The van der Waals surface area contributed by atoms with E-state index in [-0.39, 0.29) is 62.0 Å². The Morgan fingerprint density at radius 1 is 1.02 bits per heavy atom. The van der Waals surface area contributed by atoms with Gasteiger partial charge in [-0.15, -0.1) is 6.58 Å². The van der Waals surface area contributed by atoms with Gasteiger partial charge in [0, 0.05) is 55.8 Å². The molecule has 0 unspecified atom stereocenters. The van der Waals surface area contributed by atoms with Crippen molar-refractivity contribution in [3.05, 3.63) is 120 Å². The summed E-state index contributed by atoms with van der Waals surface area (Å²) in [6.07, 6.45) is 9.63. The third kappa shape index (κ3) is 10.5. The second-order valence-electron chi connectivity index (χ2n) is 18.2. The van der Waals surface area contributed by atoms with Gasteiger partial charge in [0.05, 0.1) is 29.8 Å². The lowest BCUT2D eigenvalue weighted by atomic mass is 9.55. The average Bonchev–Trinajstić information content (AvgIpc) is 3.30. The number of pyridine rings is 1. The molecule has 1 amide bonds. The van der Waals surface area contributed by atoms with Crippen molar-refractivity contribution in [2.45, 2.75) is 114 Å². The first-order valence-corrected chi connectivity index (χ1v) is 24.4. The van der Waals surface area contributed by atoms with Crippen LogP contribution in [-0.2, 0) is 26.1 Å². The van der Waals surface area contributed by atoms with Crippen LogP contribution in [0.1, 0.15) is 96.1 Å². The average molecular weight is 909 g/mol. The molecule has 3 N–H and O–H groups in total. The number of aliphatic hydroxyl groups is 2. The number of allylic oxidation sites excluding steroid dienone is 1. The van der Waals surface area contributed by atoms with Crippen molar-refractivity contribution in [2.24, 2.45) is 22.9 Å². The second-order valence-corrected chi connectivity index (χ2v) is 20.0. The first-order chi connectivity index (χ1) is 31.3. The Balaban J connectivity index is 1.45. The van der Waals surface area contributed by atoms with E-state index in [4.69, 9.17) is 24.2 Å². The van der Waals surface area contributed by atoms with Gasteiger partial charge < -0.3 is 34.6 Å². The zero-order valence-corrected chi connectivity index (χ0v) is 38.8. The van der Waals surface area contributed by atoms with Crippen molar-refractivity contribution < 1.29 is 42.5 Å². The lowest BCUT2D eigenvalue weighted by molar-refractivity contribution is -0.251. The van der Waals surface area contributed by atoms with Gasteiger partial charge in [0.25, 0.3) is 0 Å². The summed E-state index contributed by atoms with van der Waals surface area (Å²) in [7, 11) is -4.32. The van der Waals surface area contributed by atoms with Gasteiger partial charge in [0.15, 0.2) is 0 Å². The number of fused-ring (bicyclic) bond motifs is 3. The second kappa shape index (κ2) is 21.0. The zero-order chi connectivity index (χ0) is 46.2. The highest BCUT2D eigenvalue weighted by Crippen LogP contribution is 2.62. The van der Waals surface area contributed by atoms with Gasteiger partial charge in [-0.25, -0.2) is 13.2 Å². The van der Waals surface area contributed by atoms with Crippen LogP contribution in [-0.4, -0.2) is 83.5 Å². The van der Waals surface area contributed by atoms with Crippen LogP contribution in [0.2, 0.25) is 0 Å². The minimum Gasteiger partial charge on any atom is -0.460 e. The predicted octanol–water partition coefficient (Wildman–Crippen LogP) is 9.06. The summed E-state index contributed by atoms with van der Waals surface area (Å²) in [6.45, 7) is 12.3. The largest absolute Gasteiger partial charge is 0.460 e. The molecule has 1 aromatic heterocycles. The number of carbonyl (C=O) groups excluding carboxylic acids is 1. The summed E-state index contributed by atoms with van der Waals surface area (Å²) >= 11 is 0. The van der Waals surface area contributed by atoms with Crippen LogP contribution in [0.5, 0.6) is 11.5 Å². The highest BCUT2D eigenvalue weighted by Gasteiger charge is 2.66. The number of nitrogens with one attached hydrogen (secondary N) is 1. The molecule has 65 heavy (non-hydrogen) atoms. The van der Waals surface area contributed by atoms with Crippen LogP contribution in [0.25, 0.3) is 10.9 Å². The molecule has 3 aliphatic rings. The number of oxime groups is 1. The van der Waals surface area contributed by atoms with E-state index in [0.29, 0.717) is 53.8 Å². The normalized spacial score (nSPS) is 23.3. The Hall–Kier alpha value is -5.12. The number of rotatable bonds is 20. The third-order valence-electron chi connectivity index (χ3n) is 12.5. The molecule has 1 saturated carbocycles. The fraction of sp³-hybridized carbons (Fsp3) is 0.471. The van der Waals surface area contributed by atoms with Crippen LogP contribution in [0.3, 0.4) is 0 Å². The molecule has 1 fully saturated rings. The molecule has 0 radical (unpaired) electrons. The number of aliphatic hydroxyl groups excluding tert-OH is 2. The van der Waals surface area contributed by atoms with Gasteiger partial charge in [-0.05, 0) is 106 Å². The van der Waals surface area contributed by atoms with Gasteiger partial charge in [0.2, 0.25) is 15.8 Å². The first kappa shape index (κ1) is 47.8. The fourth-order valence-electron chi connectivity index (χ4n) is 9.87. The summed E-state index contributed by atoms with van der Waals surface area (Å²) in [6, 6.07) is 22.7.